The van der Waals surface area contributed by atoms with Gasteiger partial charge in [0, 0.05) is 47.9 Å². The molecule has 10 aromatic carbocycles. The second kappa shape index (κ2) is 12.4. The fraction of sp³-hybridized carbons (Fsp3) is 0. The molecule has 0 amide bonds. The zero-order valence-electron chi connectivity index (χ0n) is 29.4. The third kappa shape index (κ3) is 4.78. The van der Waals surface area contributed by atoms with Gasteiger partial charge in [-0.1, -0.05) is 164 Å². The van der Waals surface area contributed by atoms with Gasteiger partial charge in [0.05, 0.1) is 5.69 Å². The minimum absolute atomic E-state index is 1.13. The summed E-state index contributed by atoms with van der Waals surface area (Å²) in [4.78, 5) is 2.45. The Kier molecular flexibility index (Phi) is 7.11. The Morgan fingerprint density at radius 1 is 0.315 bits per heavy atom. The van der Waals surface area contributed by atoms with Crippen LogP contribution in [0.15, 0.2) is 200 Å². The van der Waals surface area contributed by atoms with Crippen molar-refractivity contribution >= 4 is 91.7 Å². The van der Waals surface area contributed by atoms with Crippen molar-refractivity contribution in [3.8, 4) is 22.3 Å². The Morgan fingerprint density at radius 2 is 0.759 bits per heavy atom. The van der Waals surface area contributed by atoms with Crippen LogP contribution in [0.25, 0.3) is 85.5 Å². The molecule has 0 atom stereocenters. The van der Waals surface area contributed by atoms with Crippen molar-refractivity contribution in [3.05, 3.63) is 200 Å². The molecule has 252 valence electrons. The van der Waals surface area contributed by atoms with E-state index in [4.69, 9.17) is 0 Å². The molecule has 2 heteroatoms. The Hall–Kier alpha value is -6.74. The molecule has 0 saturated heterocycles. The maximum absolute atomic E-state index is 2.45. The third-order valence-corrected chi connectivity index (χ3v) is 12.2. The van der Waals surface area contributed by atoms with E-state index in [0.717, 1.165) is 11.4 Å². The van der Waals surface area contributed by atoms with E-state index >= 15 is 0 Å². The zero-order chi connectivity index (χ0) is 35.6. The number of thiophene rings is 1. The molecule has 0 saturated carbocycles. The number of fused-ring (bicyclic) bond motifs is 11. The van der Waals surface area contributed by atoms with Crippen molar-refractivity contribution in [2.75, 3.05) is 4.90 Å². The van der Waals surface area contributed by atoms with Crippen molar-refractivity contribution in [2.45, 2.75) is 0 Å². The minimum Gasteiger partial charge on any atom is -0.309 e. The number of hydrogen-bond acceptors (Lipinski definition) is 2. The average Bonchev–Trinajstić information content (AvgIpc) is 3.64. The lowest BCUT2D eigenvalue weighted by Gasteiger charge is -2.30. The summed E-state index contributed by atoms with van der Waals surface area (Å²) in [6.45, 7) is 0. The van der Waals surface area contributed by atoms with Crippen LogP contribution in [0.4, 0.5) is 17.1 Å². The van der Waals surface area contributed by atoms with Gasteiger partial charge in [0.2, 0.25) is 0 Å². The molecular weight excluding hydrogens is 671 g/mol. The van der Waals surface area contributed by atoms with Gasteiger partial charge in [-0.05, 0) is 85.4 Å². The van der Waals surface area contributed by atoms with Gasteiger partial charge < -0.3 is 4.90 Å². The normalized spacial score (nSPS) is 11.7. The number of nitrogens with zero attached hydrogens (tertiary/aromatic N) is 1. The predicted octanol–water partition coefficient (Wildman–Crippen LogP) is 15.5. The number of benzene rings is 10. The van der Waals surface area contributed by atoms with Gasteiger partial charge in [0.15, 0.2) is 0 Å². The minimum atomic E-state index is 1.13. The molecular formula is C52H33NS. The Bertz CT molecular complexity index is 3120. The second-order valence-corrected chi connectivity index (χ2v) is 15.1. The van der Waals surface area contributed by atoms with E-state index in [9.17, 15) is 0 Å². The molecule has 0 aliphatic carbocycles. The highest BCUT2D eigenvalue weighted by Crippen LogP contribution is 2.53. The first-order valence-corrected chi connectivity index (χ1v) is 19.3. The van der Waals surface area contributed by atoms with E-state index < -0.39 is 0 Å². The number of rotatable bonds is 5. The highest BCUT2D eigenvalue weighted by molar-refractivity contribution is 7.26. The van der Waals surface area contributed by atoms with Crippen LogP contribution in [0, 0.1) is 0 Å². The highest BCUT2D eigenvalue weighted by atomic mass is 32.1. The Balaban J connectivity index is 1.18. The van der Waals surface area contributed by atoms with E-state index in [-0.39, 0.29) is 0 Å². The van der Waals surface area contributed by atoms with Crippen LogP contribution >= 0.6 is 11.3 Å². The summed E-state index contributed by atoms with van der Waals surface area (Å²) in [7, 11) is 0. The van der Waals surface area contributed by atoms with E-state index in [1.807, 2.05) is 11.3 Å². The molecule has 0 fully saturated rings. The molecule has 0 unspecified atom stereocenters. The van der Waals surface area contributed by atoms with E-state index in [0.29, 0.717) is 0 Å². The maximum atomic E-state index is 2.45. The number of para-hydroxylation sites is 2. The molecule has 1 nitrogen and oxygen atoms in total. The highest BCUT2D eigenvalue weighted by Gasteiger charge is 2.25. The van der Waals surface area contributed by atoms with Crippen LogP contribution in [0.1, 0.15) is 0 Å². The van der Waals surface area contributed by atoms with Gasteiger partial charge in [-0.15, -0.1) is 11.3 Å². The topological polar surface area (TPSA) is 3.24 Å². The first kappa shape index (κ1) is 30.8. The molecule has 1 aromatic heterocycles. The van der Waals surface area contributed by atoms with Crippen molar-refractivity contribution in [3.63, 3.8) is 0 Å². The van der Waals surface area contributed by atoms with Crippen molar-refractivity contribution in [1.29, 1.82) is 0 Å². The molecule has 0 spiro atoms. The number of hydrogen-bond donors (Lipinski definition) is 0. The SMILES string of the molecule is c1ccc(N(c2ccccc2)c2c(-c3ccc(-c4ccc5c6ccccc6c6ccccc6c5c4)cc3)c3c4ccccc4sc3c3ccccc23)cc1. The summed E-state index contributed by atoms with van der Waals surface area (Å²) >= 11 is 1.90. The lowest BCUT2D eigenvalue weighted by Crippen LogP contribution is -2.12. The standard InChI is InChI=1S/C52H33NS/c1-3-15-37(16-4-1)53(38-17-5-2-6-18-38)51-44-23-11-12-24-45(44)52-50(46-25-13-14-26-48(46)54-52)49(51)35-29-27-34(28-30-35)36-31-32-43-41-21-8-7-19-39(41)40-20-9-10-22-42(40)47(43)33-36/h1-33H. The van der Waals surface area contributed by atoms with Crippen LogP contribution in [-0.2, 0) is 0 Å². The van der Waals surface area contributed by atoms with Gasteiger partial charge >= 0.3 is 0 Å². The summed E-state index contributed by atoms with van der Waals surface area (Å²) in [5, 5.41) is 12.9. The molecule has 0 radical (unpaired) electrons. The summed E-state index contributed by atoms with van der Waals surface area (Å²) in [5.74, 6) is 0. The summed E-state index contributed by atoms with van der Waals surface area (Å²) in [6.07, 6.45) is 0. The van der Waals surface area contributed by atoms with E-state index in [1.165, 1.54) is 91.2 Å². The van der Waals surface area contributed by atoms with Crippen LogP contribution in [-0.4, -0.2) is 0 Å². The molecule has 11 rings (SSSR count). The third-order valence-electron chi connectivity index (χ3n) is 11.0. The van der Waals surface area contributed by atoms with Gasteiger partial charge in [-0.3, -0.25) is 0 Å². The monoisotopic (exact) mass is 703 g/mol. The van der Waals surface area contributed by atoms with Crippen LogP contribution < -0.4 is 4.90 Å². The molecule has 54 heavy (non-hydrogen) atoms. The molecule has 11 aromatic rings. The molecule has 0 N–H and O–H groups in total. The fourth-order valence-electron chi connectivity index (χ4n) is 8.62. The smallest absolute Gasteiger partial charge is 0.0625 e. The van der Waals surface area contributed by atoms with Gasteiger partial charge in [0.25, 0.3) is 0 Å². The van der Waals surface area contributed by atoms with Crippen LogP contribution in [0.3, 0.4) is 0 Å². The summed E-state index contributed by atoms with van der Waals surface area (Å²) in [5.41, 5.74) is 8.31. The predicted molar refractivity (Wildman–Crippen MR) is 235 cm³/mol. The van der Waals surface area contributed by atoms with Crippen LogP contribution in [0.2, 0.25) is 0 Å². The largest absolute Gasteiger partial charge is 0.309 e. The van der Waals surface area contributed by atoms with E-state index in [2.05, 4.69) is 205 Å². The van der Waals surface area contributed by atoms with Gasteiger partial charge in [-0.25, -0.2) is 0 Å². The van der Waals surface area contributed by atoms with E-state index in [1.54, 1.807) is 0 Å². The Morgan fingerprint density at radius 3 is 1.37 bits per heavy atom. The summed E-state index contributed by atoms with van der Waals surface area (Å²) in [6, 6.07) is 73.4. The fourth-order valence-corrected chi connectivity index (χ4v) is 9.86. The van der Waals surface area contributed by atoms with Gasteiger partial charge in [-0.2, -0.15) is 0 Å². The quantitative estimate of drug-likeness (QED) is 0.161. The molecule has 0 aliphatic heterocycles. The zero-order valence-corrected chi connectivity index (χ0v) is 30.2. The number of anilines is 3. The first-order valence-electron chi connectivity index (χ1n) is 18.5. The first-order chi connectivity index (χ1) is 26.8. The van der Waals surface area contributed by atoms with Crippen molar-refractivity contribution < 1.29 is 0 Å². The maximum Gasteiger partial charge on any atom is 0.0625 e. The van der Waals surface area contributed by atoms with Crippen molar-refractivity contribution in [2.24, 2.45) is 0 Å². The second-order valence-electron chi connectivity index (χ2n) is 14.0. The Labute approximate surface area is 317 Å². The van der Waals surface area contributed by atoms with Crippen molar-refractivity contribution in [1.82, 2.24) is 0 Å². The lowest BCUT2D eigenvalue weighted by atomic mass is 9.90. The molecule has 0 bridgehead atoms. The van der Waals surface area contributed by atoms with Gasteiger partial charge in [0.1, 0.15) is 0 Å². The average molecular weight is 704 g/mol. The lowest BCUT2D eigenvalue weighted by molar-refractivity contribution is 1.30. The molecule has 1 heterocycles. The summed E-state index contributed by atoms with van der Waals surface area (Å²) < 4.78 is 2.62. The molecule has 0 aliphatic rings. The van der Waals surface area contributed by atoms with Crippen LogP contribution in [0.5, 0.6) is 0 Å².